The highest BCUT2D eigenvalue weighted by molar-refractivity contribution is 5.46. The minimum absolute atomic E-state index is 0.194. The summed E-state index contributed by atoms with van der Waals surface area (Å²) >= 11 is 0. The Kier molecular flexibility index (Phi) is 3.12. The van der Waals surface area contributed by atoms with Crippen LogP contribution in [0.25, 0.3) is 5.65 Å². The van der Waals surface area contributed by atoms with Gasteiger partial charge in [-0.25, -0.2) is 4.39 Å². The Morgan fingerprint density at radius 1 is 1.30 bits per heavy atom. The van der Waals surface area contributed by atoms with E-state index in [0.29, 0.717) is 28.5 Å². The van der Waals surface area contributed by atoms with Crippen molar-refractivity contribution in [3.05, 3.63) is 59.7 Å². The number of aliphatic hydroxyl groups excluding tert-OH is 1. The summed E-state index contributed by atoms with van der Waals surface area (Å²) in [5, 5.41) is 9.48. The minimum Gasteiger partial charge on any atom is -0.437 e. The van der Waals surface area contributed by atoms with Crippen LogP contribution in [0.3, 0.4) is 0 Å². The number of halogens is 1. The third-order valence-electron chi connectivity index (χ3n) is 3.09. The van der Waals surface area contributed by atoms with Gasteiger partial charge in [-0.1, -0.05) is 6.07 Å². The van der Waals surface area contributed by atoms with Gasteiger partial charge in [0.05, 0.1) is 6.61 Å². The van der Waals surface area contributed by atoms with E-state index in [1.165, 1.54) is 12.1 Å². The Balaban J connectivity index is 2.03. The lowest BCUT2D eigenvalue weighted by atomic mass is 10.2. The van der Waals surface area contributed by atoms with Crippen LogP contribution in [0.2, 0.25) is 0 Å². The lowest BCUT2D eigenvalue weighted by molar-refractivity contribution is 0.269. The Morgan fingerprint density at radius 2 is 2.15 bits per heavy atom. The van der Waals surface area contributed by atoms with E-state index in [4.69, 9.17) is 4.74 Å². The topological polar surface area (TPSA) is 46.8 Å². The van der Waals surface area contributed by atoms with Crippen LogP contribution in [0.5, 0.6) is 11.6 Å². The van der Waals surface area contributed by atoms with Crippen molar-refractivity contribution in [1.82, 2.24) is 9.38 Å². The van der Waals surface area contributed by atoms with Gasteiger partial charge in [0.2, 0.25) is 5.88 Å². The summed E-state index contributed by atoms with van der Waals surface area (Å²) in [5.41, 5.74) is 1.74. The van der Waals surface area contributed by atoms with Gasteiger partial charge in [-0.3, -0.25) is 4.40 Å². The molecule has 0 saturated carbocycles. The second-order valence-electron chi connectivity index (χ2n) is 4.46. The number of hydrogen-bond donors (Lipinski definition) is 1. The maximum Gasteiger partial charge on any atom is 0.243 e. The maximum absolute atomic E-state index is 13.2. The molecule has 1 N–H and O–H groups in total. The van der Waals surface area contributed by atoms with Crippen LogP contribution >= 0.6 is 0 Å². The average molecular weight is 272 g/mol. The summed E-state index contributed by atoms with van der Waals surface area (Å²) in [4.78, 5) is 4.32. The second kappa shape index (κ2) is 4.94. The summed E-state index contributed by atoms with van der Waals surface area (Å²) < 4.78 is 20.7. The van der Waals surface area contributed by atoms with E-state index in [1.54, 1.807) is 23.6 Å². The number of hydrogen-bond acceptors (Lipinski definition) is 3. The molecule has 0 amide bonds. The van der Waals surface area contributed by atoms with Crippen molar-refractivity contribution < 1.29 is 14.2 Å². The third-order valence-corrected chi connectivity index (χ3v) is 3.09. The van der Waals surface area contributed by atoms with Crippen LogP contribution in [-0.4, -0.2) is 14.5 Å². The largest absolute Gasteiger partial charge is 0.437 e. The number of rotatable bonds is 3. The molecule has 3 rings (SSSR count). The number of fused-ring (bicyclic) bond motifs is 1. The van der Waals surface area contributed by atoms with Crippen LogP contribution in [-0.2, 0) is 6.61 Å². The average Bonchev–Trinajstić information content (AvgIpc) is 2.80. The number of imidazole rings is 1. The molecule has 0 saturated heterocycles. The summed E-state index contributed by atoms with van der Waals surface area (Å²) in [5.74, 6) is 0.529. The number of nitrogens with zero attached hydrogens (tertiary/aromatic N) is 2. The van der Waals surface area contributed by atoms with Gasteiger partial charge in [-0.2, -0.15) is 4.98 Å². The zero-order valence-corrected chi connectivity index (χ0v) is 10.9. The molecule has 0 atom stereocenters. The van der Waals surface area contributed by atoms with Crippen molar-refractivity contribution in [3.8, 4) is 11.6 Å². The van der Waals surface area contributed by atoms with Gasteiger partial charge in [-0.15, -0.1) is 0 Å². The molecule has 0 aliphatic carbocycles. The molecule has 102 valence electrons. The van der Waals surface area contributed by atoms with E-state index in [-0.39, 0.29) is 12.4 Å². The number of aromatic nitrogens is 2. The van der Waals surface area contributed by atoms with Crippen molar-refractivity contribution in [2.45, 2.75) is 13.5 Å². The van der Waals surface area contributed by atoms with Gasteiger partial charge in [0.25, 0.3) is 0 Å². The molecule has 0 radical (unpaired) electrons. The third kappa shape index (κ3) is 2.12. The lowest BCUT2D eigenvalue weighted by Crippen LogP contribution is -1.95. The fraction of sp³-hybridized carbons (Fsp3) is 0.133. The quantitative estimate of drug-likeness (QED) is 0.797. The molecule has 20 heavy (non-hydrogen) atoms. The SMILES string of the molecule is Cc1cc(Oc2nc3ccccn3c2CO)ccc1F. The Bertz CT molecular complexity index is 768. The van der Waals surface area contributed by atoms with Crippen molar-refractivity contribution in [2.75, 3.05) is 0 Å². The highest BCUT2D eigenvalue weighted by atomic mass is 19.1. The van der Waals surface area contributed by atoms with E-state index < -0.39 is 0 Å². The summed E-state index contributed by atoms with van der Waals surface area (Å²) in [7, 11) is 0. The van der Waals surface area contributed by atoms with Gasteiger partial charge in [0.15, 0.2) is 0 Å². The van der Waals surface area contributed by atoms with Crippen LogP contribution < -0.4 is 4.74 Å². The molecule has 1 aromatic carbocycles. The predicted octanol–water partition coefficient (Wildman–Crippen LogP) is 3.07. The molecule has 2 aromatic heterocycles. The molecule has 4 nitrogen and oxygen atoms in total. The zero-order chi connectivity index (χ0) is 14.1. The Morgan fingerprint density at radius 3 is 2.90 bits per heavy atom. The molecule has 5 heteroatoms. The molecule has 0 spiro atoms. The first kappa shape index (κ1) is 12.6. The number of aryl methyl sites for hydroxylation is 1. The normalized spacial score (nSPS) is 10.9. The Labute approximate surface area is 115 Å². The highest BCUT2D eigenvalue weighted by Gasteiger charge is 2.13. The summed E-state index contributed by atoms with van der Waals surface area (Å²) in [6, 6.07) is 10.0. The number of ether oxygens (including phenoxy) is 1. The van der Waals surface area contributed by atoms with E-state index in [1.807, 2.05) is 18.2 Å². The van der Waals surface area contributed by atoms with Crippen molar-refractivity contribution in [2.24, 2.45) is 0 Å². The van der Waals surface area contributed by atoms with E-state index >= 15 is 0 Å². The van der Waals surface area contributed by atoms with Crippen LogP contribution in [0, 0.1) is 12.7 Å². The number of benzene rings is 1. The molecule has 3 aromatic rings. The summed E-state index contributed by atoms with van der Waals surface area (Å²) in [6.07, 6.45) is 1.80. The first-order chi connectivity index (χ1) is 9.69. The molecular weight excluding hydrogens is 259 g/mol. The van der Waals surface area contributed by atoms with Crippen molar-refractivity contribution >= 4 is 5.65 Å². The van der Waals surface area contributed by atoms with Gasteiger partial charge in [-0.05, 0) is 42.8 Å². The molecule has 0 bridgehead atoms. The molecule has 0 unspecified atom stereocenters. The van der Waals surface area contributed by atoms with Gasteiger partial charge in [0, 0.05) is 6.20 Å². The van der Waals surface area contributed by atoms with Gasteiger partial charge < -0.3 is 9.84 Å². The zero-order valence-electron chi connectivity index (χ0n) is 10.9. The summed E-state index contributed by atoms with van der Waals surface area (Å²) in [6.45, 7) is 1.47. The molecular formula is C15H13FN2O2. The first-order valence-electron chi connectivity index (χ1n) is 6.20. The highest BCUT2D eigenvalue weighted by Crippen LogP contribution is 2.27. The van der Waals surface area contributed by atoms with E-state index in [9.17, 15) is 9.50 Å². The van der Waals surface area contributed by atoms with Crippen LogP contribution in [0.1, 0.15) is 11.3 Å². The molecule has 0 fully saturated rings. The molecule has 0 aliphatic heterocycles. The van der Waals surface area contributed by atoms with Crippen molar-refractivity contribution in [3.63, 3.8) is 0 Å². The predicted molar refractivity (Wildman–Crippen MR) is 72.3 cm³/mol. The fourth-order valence-electron chi connectivity index (χ4n) is 2.04. The lowest BCUT2D eigenvalue weighted by Gasteiger charge is -2.05. The van der Waals surface area contributed by atoms with E-state index in [0.717, 1.165) is 0 Å². The molecule has 0 aliphatic rings. The first-order valence-corrected chi connectivity index (χ1v) is 6.20. The minimum atomic E-state index is -0.283. The fourth-order valence-corrected chi connectivity index (χ4v) is 2.04. The standard InChI is InChI=1S/C15H13FN2O2/c1-10-8-11(5-6-12(10)16)20-15-13(9-19)18-7-3-2-4-14(18)17-15/h2-8,19H,9H2,1H3. The number of pyridine rings is 1. The van der Waals surface area contributed by atoms with Crippen LogP contribution in [0.15, 0.2) is 42.6 Å². The van der Waals surface area contributed by atoms with E-state index in [2.05, 4.69) is 4.98 Å². The number of aliphatic hydroxyl groups is 1. The van der Waals surface area contributed by atoms with Crippen molar-refractivity contribution in [1.29, 1.82) is 0 Å². The second-order valence-corrected chi connectivity index (χ2v) is 4.46. The van der Waals surface area contributed by atoms with Gasteiger partial charge in [0.1, 0.15) is 22.9 Å². The monoisotopic (exact) mass is 272 g/mol. The Hall–Kier alpha value is -2.40. The maximum atomic E-state index is 13.2. The molecule has 2 heterocycles. The smallest absolute Gasteiger partial charge is 0.243 e. The van der Waals surface area contributed by atoms with Gasteiger partial charge >= 0.3 is 0 Å². The van der Waals surface area contributed by atoms with Crippen LogP contribution in [0.4, 0.5) is 4.39 Å².